The zero-order valence-electron chi connectivity index (χ0n) is 10.6. The molecule has 0 heterocycles. The molecule has 104 valence electrons. The molecular formula is C15H13FINO2. The molecule has 0 saturated carbocycles. The van der Waals surface area contributed by atoms with E-state index >= 15 is 0 Å². The van der Waals surface area contributed by atoms with Gasteiger partial charge in [-0.2, -0.15) is 0 Å². The van der Waals surface area contributed by atoms with Crippen molar-refractivity contribution in [3.63, 3.8) is 0 Å². The van der Waals surface area contributed by atoms with Gasteiger partial charge in [0.05, 0.1) is 13.0 Å². The number of para-hydroxylation sites is 1. The lowest BCUT2D eigenvalue weighted by Gasteiger charge is -2.08. The Labute approximate surface area is 130 Å². The maximum Gasteiger partial charge on any atom is 0.227 e. The summed E-state index contributed by atoms with van der Waals surface area (Å²) < 4.78 is 19.6. The van der Waals surface area contributed by atoms with E-state index in [-0.39, 0.29) is 24.7 Å². The average Bonchev–Trinajstić information content (AvgIpc) is 2.43. The normalized spacial score (nSPS) is 10.1. The average molecular weight is 385 g/mol. The third-order valence-electron chi connectivity index (χ3n) is 2.55. The van der Waals surface area contributed by atoms with Gasteiger partial charge in [-0.05, 0) is 59.0 Å². The fourth-order valence-electron chi connectivity index (χ4n) is 1.57. The number of anilines is 1. The Balaban J connectivity index is 1.78. The van der Waals surface area contributed by atoms with E-state index in [9.17, 15) is 9.18 Å². The van der Waals surface area contributed by atoms with Crippen molar-refractivity contribution < 1.29 is 13.9 Å². The number of carbonyl (C=O) groups excluding carboxylic acids is 1. The van der Waals surface area contributed by atoms with E-state index in [2.05, 4.69) is 27.9 Å². The van der Waals surface area contributed by atoms with Gasteiger partial charge in [0.15, 0.2) is 11.6 Å². The highest BCUT2D eigenvalue weighted by Crippen LogP contribution is 2.15. The summed E-state index contributed by atoms with van der Waals surface area (Å²) in [4.78, 5) is 11.7. The van der Waals surface area contributed by atoms with Crippen LogP contribution < -0.4 is 10.1 Å². The first kappa shape index (κ1) is 14.8. The fourth-order valence-corrected chi connectivity index (χ4v) is 1.93. The Morgan fingerprint density at radius 2 is 1.85 bits per heavy atom. The Bertz CT molecular complexity index is 587. The molecule has 0 aliphatic rings. The molecule has 2 aromatic carbocycles. The monoisotopic (exact) mass is 385 g/mol. The highest BCUT2D eigenvalue weighted by Gasteiger charge is 2.05. The van der Waals surface area contributed by atoms with Crippen molar-refractivity contribution >= 4 is 34.2 Å². The van der Waals surface area contributed by atoms with E-state index in [0.717, 1.165) is 9.26 Å². The van der Waals surface area contributed by atoms with Crippen molar-refractivity contribution in [1.29, 1.82) is 0 Å². The van der Waals surface area contributed by atoms with Crippen LogP contribution in [-0.2, 0) is 4.79 Å². The molecule has 0 aromatic heterocycles. The lowest BCUT2D eigenvalue weighted by Crippen LogP contribution is -2.15. The summed E-state index contributed by atoms with van der Waals surface area (Å²) in [5.41, 5.74) is 0.737. The minimum absolute atomic E-state index is 0.136. The van der Waals surface area contributed by atoms with Gasteiger partial charge < -0.3 is 10.1 Å². The molecule has 0 saturated heterocycles. The van der Waals surface area contributed by atoms with E-state index in [4.69, 9.17) is 4.74 Å². The number of carbonyl (C=O) groups is 1. The summed E-state index contributed by atoms with van der Waals surface area (Å²) in [7, 11) is 0. The molecule has 0 aliphatic heterocycles. The lowest BCUT2D eigenvalue weighted by molar-refractivity contribution is -0.116. The predicted molar refractivity (Wildman–Crippen MR) is 84.3 cm³/mol. The van der Waals surface area contributed by atoms with Crippen molar-refractivity contribution in [3.8, 4) is 5.75 Å². The third-order valence-corrected chi connectivity index (χ3v) is 3.27. The van der Waals surface area contributed by atoms with Crippen molar-refractivity contribution in [3.05, 3.63) is 57.9 Å². The summed E-state index contributed by atoms with van der Waals surface area (Å²) in [6, 6.07) is 13.6. The quantitative estimate of drug-likeness (QED) is 0.795. The molecule has 0 spiro atoms. The number of nitrogens with one attached hydrogen (secondary N) is 1. The van der Waals surface area contributed by atoms with Crippen LogP contribution in [0.15, 0.2) is 48.5 Å². The number of halogens is 2. The number of ether oxygens (including phenoxy) is 1. The zero-order valence-corrected chi connectivity index (χ0v) is 12.8. The molecular weight excluding hydrogens is 372 g/mol. The Hall–Kier alpha value is -1.63. The molecule has 1 amide bonds. The minimum Gasteiger partial charge on any atom is -0.490 e. The molecule has 0 aliphatic carbocycles. The largest absolute Gasteiger partial charge is 0.490 e. The van der Waals surface area contributed by atoms with E-state index in [1.54, 1.807) is 12.1 Å². The van der Waals surface area contributed by atoms with Crippen molar-refractivity contribution in [2.75, 3.05) is 11.9 Å². The number of hydrogen-bond acceptors (Lipinski definition) is 2. The predicted octanol–water partition coefficient (Wildman–Crippen LogP) is 3.84. The molecule has 0 atom stereocenters. The first-order chi connectivity index (χ1) is 9.65. The van der Waals surface area contributed by atoms with Crippen LogP contribution in [-0.4, -0.2) is 12.5 Å². The minimum atomic E-state index is -0.425. The highest BCUT2D eigenvalue weighted by atomic mass is 127. The standard InChI is InChI=1S/C15H13FINO2/c16-13-3-1-2-4-14(13)20-10-9-15(19)18-12-7-5-11(17)6-8-12/h1-8H,9-10H2,(H,18,19). The van der Waals surface area contributed by atoms with Gasteiger partial charge in [0, 0.05) is 9.26 Å². The zero-order chi connectivity index (χ0) is 14.4. The summed E-state index contributed by atoms with van der Waals surface area (Å²) in [6.45, 7) is 0.136. The Morgan fingerprint density at radius 1 is 1.15 bits per heavy atom. The van der Waals surface area contributed by atoms with E-state index in [0.29, 0.717) is 0 Å². The van der Waals surface area contributed by atoms with Gasteiger partial charge in [-0.1, -0.05) is 12.1 Å². The smallest absolute Gasteiger partial charge is 0.227 e. The van der Waals surface area contributed by atoms with E-state index in [1.165, 1.54) is 12.1 Å². The SMILES string of the molecule is O=C(CCOc1ccccc1F)Nc1ccc(I)cc1. The number of hydrogen-bond donors (Lipinski definition) is 1. The van der Waals surface area contributed by atoms with Gasteiger partial charge in [0.25, 0.3) is 0 Å². The molecule has 0 fully saturated rings. The second-order valence-corrected chi connectivity index (χ2v) is 5.33. The van der Waals surface area contributed by atoms with Crippen molar-refractivity contribution in [2.24, 2.45) is 0 Å². The highest BCUT2D eigenvalue weighted by molar-refractivity contribution is 14.1. The van der Waals surface area contributed by atoms with Crippen LogP contribution in [0.4, 0.5) is 10.1 Å². The third kappa shape index (κ3) is 4.48. The molecule has 2 rings (SSSR count). The van der Waals surface area contributed by atoms with Gasteiger partial charge in [0.2, 0.25) is 5.91 Å². The maximum absolute atomic E-state index is 13.3. The molecule has 2 aromatic rings. The lowest BCUT2D eigenvalue weighted by atomic mass is 10.3. The van der Waals surface area contributed by atoms with Crippen LogP contribution >= 0.6 is 22.6 Å². The van der Waals surface area contributed by atoms with Crippen LogP contribution in [0.2, 0.25) is 0 Å². The molecule has 0 radical (unpaired) electrons. The van der Waals surface area contributed by atoms with Gasteiger partial charge in [0.1, 0.15) is 0 Å². The summed E-state index contributed by atoms with van der Waals surface area (Å²) >= 11 is 2.19. The van der Waals surface area contributed by atoms with Gasteiger partial charge in [-0.3, -0.25) is 4.79 Å². The topological polar surface area (TPSA) is 38.3 Å². The molecule has 3 nitrogen and oxygen atoms in total. The first-order valence-electron chi connectivity index (χ1n) is 6.08. The first-order valence-corrected chi connectivity index (χ1v) is 7.16. The van der Waals surface area contributed by atoms with Crippen LogP contribution in [0.3, 0.4) is 0 Å². The fraction of sp³-hybridized carbons (Fsp3) is 0.133. The maximum atomic E-state index is 13.3. The molecule has 0 unspecified atom stereocenters. The number of amides is 1. The van der Waals surface area contributed by atoms with Gasteiger partial charge in [-0.15, -0.1) is 0 Å². The van der Waals surface area contributed by atoms with Gasteiger partial charge in [-0.25, -0.2) is 4.39 Å². The number of benzene rings is 2. The second kappa shape index (κ2) is 7.23. The van der Waals surface area contributed by atoms with Crippen LogP contribution in [0, 0.1) is 9.39 Å². The van der Waals surface area contributed by atoms with Crippen LogP contribution in [0.1, 0.15) is 6.42 Å². The summed E-state index contributed by atoms with van der Waals surface area (Å²) in [6.07, 6.45) is 0.167. The van der Waals surface area contributed by atoms with Crippen molar-refractivity contribution in [2.45, 2.75) is 6.42 Å². The molecule has 5 heteroatoms. The summed E-state index contributed by atoms with van der Waals surface area (Å²) in [5.74, 6) is -0.428. The Morgan fingerprint density at radius 3 is 2.55 bits per heavy atom. The number of rotatable bonds is 5. The van der Waals surface area contributed by atoms with Gasteiger partial charge >= 0.3 is 0 Å². The van der Waals surface area contributed by atoms with E-state index in [1.807, 2.05) is 24.3 Å². The van der Waals surface area contributed by atoms with Crippen LogP contribution in [0.5, 0.6) is 5.75 Å². The summed E-state index contributed by atoms with van der Waals surface area (Å²) in [5, 5.41) is 2.75. The van der Waals surface area contributed by atoms with Crippen molar-refractivity contribution in [1.82, 2.24) is 0 Å². The van der Waals surface area contributed by atoms with Crippen LogP contribution in [0.25, 0.3) is 0 Å². The van der Waals surface area contributed by atoms with E-state index < -0.39 is 5.82 Å². The Kier molecular flexibility index (Phi) is 5.34. The molecule has 1 N–H and O–H groups in total. The molecule has 0 bridgehead atoms. The molecule has 20 heavy (non-hydrogen) atoms. The second-order valence-electron chi connectivity index (χ2n) is 4.08.